The molecule has 0 spiro atoms. The number of hydrogen-bond donors (Lipinski definition) is 1. The monoisotopic (exact) mass is 305 g/mol. The van der Waals surface area contributed by atoms with Crippen LogP contribution in [0.1, 0.15) is 21.5 Å². The maximum Gasteiger partial charge on any atom is 0.248 e. The summed E-state index contributed by atoms with van der Waals surface area (Å²) in [6.45, 7) is 0. The van der Waals surface area contributed by atoms with Gasteiger partial charge in [-0.2, -0.15) is 0 Å². The van der Waals surface area contributed by atoms with E-state index in [1.165, 1.54) is 16.5 Å². The molecule has 2 aromatic carbocycles. The molecule has 0 atom stereocenters. The Morgan fingerprint density at radius 1 is 1.00 bits per heavy atom. The Balaban J connectivity index is 0.000000963. The number of primary amides is 1. The number of hydrogen-bond acceptors (Lipinski definition) is 1. The van der Waals surface area contributed by atoms with E-state index in [0.29, 0.717) is 5.56 Å². The van der Waals surface area contributed by atoms with Crippen molar-refractivity contribution in [3.8, 4) is 0 Å². The van der Waals surface area contributed by atoms with Crippen molar-refractivity contribution in [3.05, 3.63) is 47.0 Å². The Kier molecular flexibility index (Phi) is 5.94. The number of amides is 1. The van der Waals surface area contributed by atoms with Gasteiger partial charge in [-0.25, -0.2) is 0 Å². The minimum atomic E-state index is -0.342. The van der Waals surface area contributed by atoms with Crippen LogP contribution in [0.4, 0.5) is 0 Å². The zero-order chi connectivity index (χ0) is 10.4. The van der Waals surface area contributed by atoms with E-state index in [-0.39, 0.29) is 43.1 Å². The quantitative estimate of drug-likeness (QED) is 0.863. The molecule has 5 heteroatoms. The summed E-state index contributed by atoms with van der Waals surface area (Å²) in [5.74, 6) is -0.342. The van der Waals surface area contributed by atoms with Gasteiger partial charge in [0.1, 0.15) is 0 Å². The molecule has 98 valence electrons. The molecule has 0 saturated carbocycles. The summed E-state index contributed by atoms with van der Waals surface area (Å²) in [7, 11) is 0. The van der Waals surface area contributed by atoms with Crippen molar-refractivity contribution >= 4 is 53.9 Å². The molecule has 0 radical (unpaired) electrons. The molecule has 0 saturated heterocycles. The molecule has 1 amide bonds. The molecule has 1 aliphatic carbocycles. The van der Waals surface area contributed by atoms with Gasteiger partial charge in [-0.3, -0.25) is 4.79 Å². The largest absolute Gasteiger partial charge is 0.366 e. The first-order valence-electron chi connectivity index (χ1n) is 5.10. The number of carbonyl (C=O) groups excluding carboxylic acids is 1. The van der Waals surface area contributed by atoms with E-state index in [1.54, 1.807) is 0 Å². The fraction of sp³-hybridized carbons (Fsp3) is 0.154. The molecule has 0 aliphatic heterocycles. The Morgan fingerprint density at radius 3 is 2.33 bits per heavy atom. The first-order valence-corrected chi connectivity index (χ1v) is 5.10. The minimum Gasteiger partial charge on any atom is -0.366 e. The molecule has 2 N–H and O–H groups in total. The lowest BCUT2D eigenvalue weighted by molar-refractivity contribution is 0.100. The summed E-state index contributed by atoms with van der Waals surface area (Å²) in [6, 6.07) is 10.1. The number of nitrogens with two attached hydrogens (primary N) is 1. The normalized spacial score (nSPS) is 11.1. The minimum absolute atomic E-state index is 0. The summed E-state index contributed by atoms with van der Waals surface area (Å²) < 4.78 is 0. The number of carbonyl (C=O) groups is 1. The Bertz CT molecular complexity index is 584. The fourth-order valence-corrected chi connectivity index (χ4v) is 2.42. The third-order valence-electron chi connectivity index (χ3n) is 3.09. The first kappa shape index (κ1) is 17.0. The van der Waals surface area contributed by atoms with E-state index in [4.69, 9.17) is 5.73 Å². The molecule has 1 aliphatic rings. The van der Waals surface area contributed by atoms with E-state index < -0.39 is 0 Å². The van der Waals surface area contributed by atoms with Crippen LogP contribution in [-0.2, 0) is 12.8 Å². The number of benzene rings is 2. The van der Waals surface area contributed by atoms with Crippen molar-refractivity contribution in [2.75, 3.05) is 0 Å². The summed E-state index contributed by atoms with van der Waals surface area (Å²) in [6.07, 6.45) is 2.10. The Labute approximate surface area is 124 Å². The van der Waals surface area contributed by atoms with Crippen LogP contribution in [0, 0.1) is 0 Å². The lowest BCUT2D eigenvalue weighted by Gasteiger charge is -2.03. The van der Waals surface area contributed by atoms with Gasteiger partial charge >= 0.3 is 0 Å². The number of rotatable bonds is 1. The second kappa shape index (κ2) is 6.28. The second-order valence-corrected chi connectivity index (χ2v) is 4.01. The molecule has 18 heavy (non-hydrogen) atoms. The molecule has 0 bridgehead atoms. The first-order chi connectivity index (χ1) is 7.25. The maximum absolute atomic E-state index is 11.2. The van der Waals surface area contributed by atoms with Gasteiger partial charge in [0.15, 0.2) is 0 Å². The van der Waals surface area contributed by atoms with Crippen LogP contribution >= 0.6 is 37.2 Å². The molecule has 0 fully saturated rings. The molecule has 0 heterocycles. The zero-order valence-corrected chi connectivity index (χ0v) is 12.0. The fourth-order valence-electron chi connectivity index (χ4n) is 2.42. The third-order valence-corrected chi connectivity index (χ3v) is 3.09. The molecule has 2 nitrogen and oxygen atoms in total. The highest BCUT2D eigenvalue weighted by molar-refractivity contribution is 6.00. The lowest BCUT2D eigenvalue weighted by Crippen LogP contribution is -2.11. The van der Waals surface area contributed by atoms with Crippen LogP contribution in [-0.4, -0.2) is 5.91 Å². The van der Waals surface area contributed by atoms with Crippen molar-refractivity contribution in [1.82, 2.24) is 0 Å². The van der Waals surface area contributed by atoms with Crippen LogP contribution in [0.3, 0.4) is 0 Å². The van der Waals surface area contributed by atoms with Crippen LogP contribution in [0.2, 0.25) is 0 Å². The summed E-state index contributed by atoms with van der Waals surface area (Å²) >= 11 is 0. The smallest absolute Gasteiger partial charge is 0.248 e. The van der Waals surface area contributed by atoms with Crippen molar-refractivity contribution in [2.24, 2.45) is 5.73 Å². The molecule has 0 aromatic heterocycles. The lowest BCUT2D eigenvalue weighted by atomic mass is 10.0. The molecular weight excluding hydrogens is 293 g/mol. The van der Waals surface area contributed by atoms with Gasteiger partial charge in [0.25, 0.3) is 0 Å². The van der Waals surface area contributed by atoms with Gasteiger partial charge in [0.05, 0.1) is 0 Å². The average Bonchev–Trinajstić information content (AvgIpc) is 2.64. The molecule has 0 unspecified atom stereocenters. The van der Waals surface area contributed by atoms with Crippen LogP contribution in [0.5, 0.6) is 0 Å². The van der Waals surface area contributed by atoms with E-state index in [9.17, 15) is 4.79 Å². The predicted octanol–water partition coefficient (Wildman–Crippen LogP) is 3.30. The summed E-state index contributed by atoms with van der Waals surface area (Å²) in [5, 5.41) is 2.46. The van der Waals surface area contributed by atoms with Gasteiger partial charge in [0.2, 0.25) is 5.91 Å². The van der Waals surface area contributed by atoms with Gasteiger partial charge in [0, 0.05) is 5.56 Å². The van der Waals surface area contributed by atoms with Gasteiger partial charge in [-0.1, -0.05) is 18.2 Å². The summed E-state index contributed by atoms with van der Waals surface area (Å²) in [5.41, 5.74) is 8.58. The summed E-state index contributed by atoms with van der Waals surface area (Å²) in [4.78, 5) is 11.2. The SMILES string of the molecule is Cl.Cl.Cl.NC(=O)c1cc2c3c(cccc3c1)CC2. The van der Waals surface area contributed by atoms with Gasteiger partial charge in [-0.15, -0.1) is 37.2 Å². The third kappa shape index (κ3) is 2.56. The van der Waals surface area contributed by atoms with E-state index in [1.807, 2.05) is 24.3 Å². The predicted molar refractivity (Wildman–Crippen MR) is 81.6 cm³/mol. The van der Waals surface area contributed by atoms with Crippen molar-refractivity contribution in [1.29, 1.82) is 0 Å². The number of aryl methyl sites for hydroxylation is 2. The van der Waals surface area contributed by atoms with Crippen LogP contribution in [0.25, 0.3) is 10.8 Å². The standard InChI is InChI=1S/C13H11NO.3ClH/c14-13(15)11-6-9-3-1-2-8-4-5-10(7-11)12(8)9;;;/h1-3,6-7H,4-5H2,(H2,14,15);3*1H. The van der Waals surface area contributed by atoms with Crippen molar-refractivity contribution < 1.29 is 4.79 Å². The molecular formula is C13H14Cl3NO. The highest BCUT2D eigenvalue weighted by atomic mass is 35.5. The van der Waals surface area contributed by atoms with E-state index in [0.717, 1.165) is 18.2 Å². The maximum atomic E-state index is 11.2. The number of halogens is 3. The van der Waals surface area contributed by atoms with Gasteiger partial charge < -0.3 is 5.73 Å². The molecule has 3 rings (SSSR count). The second-order valence-electron chi connectivity index (χ2n) is 4.01. The van der Waals surface area contributed by atoms with Crippen molar-refractivity contribution in [2.45, 2.75) is 12.8 Å². The van der Waals surface area contributed by atoms with Crippen molar-refractivity contribution in [3.63, 3.8) is 0 Å². The Hall–Kier alpha value is -0.960. The van der Waals surface area contributed by atoms with Crippen LogP contribution in [0.15, 0.2) is 30.3 Å². The van der Waals surface area contributed by atoms with Crippen LogP contribution < -0.4 is 5.73 Å². The molecule has 2 aromatic rings. The highest BCUT2D eigenvalue weighted by Gasteiger charge is 2.15. The van der Waals surface area contributed by atoms with E-state index in [2.05, 4.69) is 6.07 Å². The van der Waals surface area contributed by atoms with Gasteiger partial charge in [-0.05, 0) is 46.9 Å². The Morgan fingerprint density at radius 2 is 1.67 bits per heavy atom. The van der Waals surface area contributed by atoms with E-state index >= 15 is 0 Å². The topological polar surface area (TPSA) is 43.1 Å². The highest BCUT2D eigenvalue weighted by Crippen LogP contribution is 2.31. The average molecular weight is 307 g/mol. The zero-order valence-electron chi connectivity index (χ0n) is 9.51.